The smallest absolute Gasteiger partial charge is 0.303 e. The van der Waals surface area contributed by atoms with E-state index in [9.17, 15) is 19.2 Å². The highest BCUT2D eigenvalue weighted by Crippen LogP contribution is 2.75. The second-order valence-electron chi connectivity index (χ2n) is 17.0. The standard InChI is InChI=1S/C36H55NO6/c1-22(38)43-27-12-13-34(6)26(31(27,2)3)11-14-36(8)29(34)25(39)20-23-24-21-33(5,30(42)37-19-9-10-28(40)41)16-15-32(24,4)17-18-35(23,36)7/h20,24,26-27,29H,9-19,21H2,1-8H3,(H,37,42)(H,40,41)/t24-,26-,27-,29+,32+,33-,34-,35+,36+/m0/s1. The zero-order chi connectivity index (χ0) is 31.8. The molecular weight excluding hydrogens is 542 g/mol. The van der Waals surface area contributed by atoms with E-state index >= 15 is 0 Å². The van der Waals surface area contributed by atoms with Gasteiger partial charge in [-0.2, -0.15) is 0 Å². The van der Waals surface area contributed by atoms with Crippen LogP contribution in [0.5, 0.6) is 0 Å². The van der Waals surface area contributed by atoms with Gasteiger partial charge < -0.3 is 15.2 Å². The second kappa shape index (κ2) is 10.4. The molecule has 9 atom stereocenters. The molecule has 0 saturated heterocycles. The molecule has 7 nitrogen and oxygen atoms in total. The Morgan fingerprint density at radius 1 is 0.953 bits per heavy atom. The van der Waals surface area contributed by atoms with Gasteiger partial charge in [-0.15, -0.1) is 0 Å². The first-order valence-corrected chi connectivity index (χ1v) is 16.8. The van der Waals surface area contributed by atoms with E-state index in [4.69, 9.17) is 9.84 Å². The molecule has 0 aliphatic heterocycles. The first kappa shape index (κ1) is 32.2. The van der Waals surface area contributed by atoms with Crippen LogP contribution in [0.2, 0.25) is 0 Å². The Balaban J connectivity index is 1.47. The van der Waals surface area contributed by atoms with Crippen molar-refractivity contribution >= 4 is 23.6 Å². The summed E-state index contributed by atoms with van der Waals surface area (Å²) < 4.78 is 5.85. The van der Waals surface area contributed by atoms with Gasteiger partial charge in [0.2, 0.25) is 5.91 Å². The Morgan fingerprint density at radius 2 is 1.63 bits per heavy atom. The normalized spacial score (nSPS) is 44.9. The quantitative estimate of drug-likeness (QED) is 0.255. The van der Waals surface area contributed by atoms with Crippen molar-refractivity contribution in [3.05, 3.63) is 11.6 Å². The molecule has 240 valence electrons. The highest BCUT2D eigenvalue weighted by molar-refractivity contribution is 5.95. The first-order chi connectivity index (χ1) is 19.8. The lowest BCUT2D eigenvalue weighted by atomic mass is 9.33. The third-order valence-corrected chi connectivity index (χ3v) is 14.2. The fraction of sp³-hybridized carbons (Fsp3) is 0.833. The summed E-state index contributed by atoms with van der Waals surface area (Å²) in [4.78, 5) is 51.0. The van der Waals surface area contributed by atoms with E-state index in [-0.39, 0.29) is 75.0 Å². The number of aliphatic carboxylic acids is 1. The molecule has 7 heteroatoms. The summed E-state index contributed by atoms with van der Waals surface area (Å²) in [5.74, 6) is -0.428. The van der Waals surface area contributed by atoms with Gasteiger partial charge in [0.05, 0.1) is 0 Å². The number of esters is 1. The van der Waals surface area contributed by atoms with Crippen LogP contribution in [0.3, 0.4) is 0 Å². The number of allylic oxidation sites excluding steroid dienone is 2. The highest BCUT2D eigenvalue weighted by atomic mass is 16.5. The summed E-state index contributed by atoms with van der Waals surface area (Å²) in [6, 6.07) is 0. The summed E-state index contributed by atoms with van der Waals surface area (Å²) >= 11 is 0. The van der Waals surface area contributed by atoms with E-state index in [1.165, 1.54) is 12.5 Å². The van der Waals surface area contributed by atoms with Gasteiger partial charge in [0.25, 0.3) is 0 Å². The Kier molecular flexibility index (Phi) is 7.82. The minimum absolute atomic E-state index is 0.0128. The van der Waals surface area contributed by atoms with Crippen molar-refractivity contribution in [2.45, 2.75) is 132 Å². The maximum absolute atomic E-state index is 14.6. The van der Waals surface area contributed by atoms with E-state index in [0.717, 1.165) is 57.8 Å². The van der Waals surface area contributed by atoms with Crippen LogP contribution >= 0.6 is 0 Å². The van der Waals surface area contributed by atoms with Gasteiger partial charge in [0.15, 0.2) is 5.78 Å². The molecule has 5 aliphatic rings. The van der Waals surface area contributed by atoms with E-state index in [1.807, 2.05) is 6.08 Å². The molecule has 0 aromatic carbocycles. The molecule has 5 rings (SSSR count). The largest absolute Gasteiger partial charge is 0.481 e. The predicted octanol–water partition coefficient (Wildman–Crippen LogP) is 6.88. The molecule has 43 heavy (non-hydrogen) atoms. The van der Waals surface area contributed by atoms with Crippen molar-refractivity contribution in [3.8, 4) is 0 Å². The fourth-order valence-corrected chi connectivity index (χ4v) is 11.4. The van der Waals surface area contributed by atoms with Crippen LogP contribution in [0.1, 0.15) is 126 Å². The molecule has 0 heterocycles. The Bertz CT molecular complexity index is 1240. The molecule has 0 unspecified atom stereocenters. The average Bonchev–Trinajstić information content (AvgIpc) is 2.90. The molecule has 0 radical (unpaired) electrons. The number of carboxylic acids is 1. The van der Waals surface area contributed by atoms with Gasteiger partial charge >= 0.3 is 11.9 Å². The first-order valence-electron chi connectivity index (χ1n) is 16.8. The minimum Gasteiger partial charge on any atom is -0.481 e. The van der Waals surface area contributed by atoms with Gasteiger partial charge in [-0.1, -0.05) is 54.0 Å². The van der Waals surface area contributed by atoms with E-state index in [0.29, 0.717) is 13.0 Å². The summed E-state index contributed by atoms with van der Waals surface area (Å²) in [6.07, 6.45) is 10.7. The van der Waals surface area contributed by atoms with E-state index in [2.05, 4.69) is 53.8 Å². The zero-order valence-corrected chi connectivity index (χ0v) is 27.9. The molecule has 4 saturated carbocycles. The van der Waals surface area contributed by atoms with Gasteiger partial charge in [-0.05, 0) is 104 Å². The van der Waals surface area contributed by atoms with E-state index < -0.39 is 11.4 Å². The lowest BCUT2D eigenvalue weighted by Gasteiger charge is -2.70. The molecular formula is C36H55NO6. The number of hydrogen-bond acceptors (Lipinski definition) is 5. The topological polar surface area (TPSA) is 110 Å². The Labute approximate surface area is 258 Å². The number of amides is 1. The van der Waals surface area contributed by atoms with E-state index in [1.54, 1.807) is 0 Å². The number of ketones is 1. The molecule has 5 aliphatic carbocycles. The second-order valence-corrected chi connectivity index (χ2v) is 17.0. The molecule has 0 aromatic heterocycles. The average molecular weight is 598 g/mol. The van der Waals surface area contributed by atoms with Crippen molar-refractivity contribution in [3.63, 3.8) is 0 Å². The lowest BCUT2D eigenvalue weighted by Crippen LogP contribution is -2.66. The van der Waals surface area contributed by atoms with Crippen LogP contribution in [0.15, 0.2) is 11.6 Å². The van der Waals surface area contributed by atoms with Crippen LogP contribution in [-0.4, -0.2) is 41.4 Å². The third kappa shape index (κ3) is 4.81. The number of carboxylic acid groups (broad SMARTS) is 1. The molecule has 0 spiro atoms. The van der Waals surface area contributed by atoms with Crippen molar-refractivity contribution in [2.75, 3.05) is 6.54 Å². The zero-order valence-electron chi connectivity index (χ0n) is 27.9. The van der Waals surface area contributed by atoms with Gasteiger partial charge in [-0.3, -0.25) is 19.2 Å². The summed E-state index contributed by atoms with van der Waals surface area (Å²) in [5.41, 5.74) is 0.102. The van der Waals surface area contributed by atoms with Crippen LogP contribution in [0, 0.1) is 50.2 Å². The number of fused-ring (bicyclic) bond motifs is 7. The SMILES string of the molecule is CC(=O)O[C@H]1CC[C@]2(C)[C@H]3C(=O)C=C4[C@@H]5C[C@@](C)(C(=O)NCCCC(=O)O)CC[C@]5(C)CC[C@@]4(C)[C@]3(C)CC[C@H]2C1(C)C. The number of carbonyl (C=O) groups is 4. The summed E-state index contributed by atoms with van der Waals surface area (Å²) in [6.45, 7) is 18.0. The summed E-state index contributed by atoms with van der Waals surface area (Å²) in [5, 5.41) is 12.0. The predicted molar refractivity (Wildman–Crippen MR) is 165 cm³/mol. The number of ether oxygens (including phenoxy) is 1. The molecule has 2 N–H and O–H groups in total. The van der Waals surface area contributed by atoms with Gasteiger partial charge in [-0.25, -0.2) is 0 Å². The molecule has 0 bridgehead atoms. The highest BCUT2D eigenvalue weighted by Gasteiger charge is 2.70. The Hall–Kier alpha value is -2.18. The van der Waals surface area contributed by atoms with Crippen molar-refractivity contribution < 1.29 is 29.0 Å². The van der Waals surface area contributed by atoms with Crippen LogP contribution < -0.4 is 5.32 Å². The van der Waals surface area contributed by atoms with Gasteiger partial charge in [0.1, 0.15) is 6.10 Å². The molecule has 1 amide bonds. The van der Waals surface area contributed by atoms with Crippen LogP contribution in [0.4, 0.5) is 0 Å². The van der Waals surface area contributed by atoms with Crippen LogP contribution in [0.25, 0.3) is 0 Å². The number of rotatable bonds is 6. The lowest BCUT2D eigenvalue weighted by molar-refractivity contribution is -0.210. The van der Waals surface area contributed by atoms with Crippen molar-refractivity contribution in [2.24, 2.45) is 50.2 Å². The molecule has 0 aromatic rings. The number of hydrogen-bond donors (Lipinski definition) is 2. The third-order valence-electron chi connectivity index (χ3n) is 14.2. The maximum Gasteiger partial charge on any atom is 0.303 e. The number of nitrogens with one attached hydrogen (secondary N) is 1. The van der Waals surface area contributed by atoms with Crippen LogP contribution in [-0.2, 0) is 23.9 Å². The Morgan fingerprint density at radius 3 is 2.28 bits per heavy atom. The minimum atomic E-state index is -0.847. The monoisotopic (exact) mass is 597 g/mol. The number of carbonyl (C=O) groups excluding carboxylic acids is 3. The fourth-order valence-electron chi connectivity index (χ4n) is 11.4. The molecule has 4 fully saturated rings. The maximum atomic E-state index is 14.6. The summed E-state index contributed by atoms with van der Waals surface area (Å²) in [7, 11) is 0. The van der Waals surface area contributed by atoms with Gasteiger partial charge in [0, 0.05) is 36.6 Å². The van der Waals surface area contributed by atoms with Crippen molar-refractivity contribution in [1.82, 2.24) is 5.32 Å². The van der Waals surface area contributed by atoms with Crippen molar-refractivity contribution in [1.29, 1.82) is 0 Å².